The molecule has 0 aromatic heterocycles. The number of aliphatic hydroxyl groups excluding tert-OH is 1. The van der Waals surface area contributed by atoms with E-state index in [0.717, 1.165) is 7.11 Å². The molecule has 0 aromatic carbocycles. The number of rotatable bonds is 2. The van der Waals surface area contributed by atoms with Crippen molar-refractivity contribution in [3.05, 3.63) is 0 Å². The molecule has 12 heavy (non-hydrogen) atoms. The van der Waals surface area contributed by atoms with Crippen LogP contribution in [0.2, 0.25) is 0 Å². The van der Waals surface area contributed by atoms with Gasteiger partial charge in [0.25, 0.3) is 5.85 Å². The predicted molar refractivity (Wildman–Crippen MR) is 28.8 cm³/mol. The Morgan fingerprint density at radius 3 is 2.42 bits per heavy atom. The molecule has 2 atom stereocenters. The molecule has 0 bridgehead atoms. The molecular weight excluding hydrogens is 181 g/mol. The Labute approximate surface area is 65.8 Å². The van der Waals surface area contributed by atoms with Gasteiger partial charge in [-0.2, -0.15) is 0 Å². The summed E-state index contributed by atoms with van der Waals surface area (Å²) in [7, 11) is 1.08. The van der Waals surface area contributed by atoms with Gasteiger partial charge < -0.3 is 9.84 Å². The van der Waals surface area contributed by atoms with Gasteiger partial charge in [0.1, 0.15) is 6.61 Å². The van der Waals surface area contributed by atoms with E-state index in [0.29, 0.717) is 0 Å². The van der Waals surface area contributed by atoms with Crippen LogP contribution < -0.4 is 0 Å². The van der Waals surface area contributed by atoms with E-state index in [1.807, 2.05) is 0 Å². The van der Waals surface area contributed by atoms with E-state index >= 15 is 0 Å². The van der Waals surface area contributed by atoms with E-state index in [2.05, 4.69) is 14.2 Å². The average Bonchev–Trinajstić information content (AvgIpc) is 2.02. The van der Waals surface area contributed by atoms with E-state index in [1.54, 1.807) is 0 Å². The number of hydrogen-bond acceptors (Lipinski definition) is 4. The molecule has 1 aliphatic rings. The largest absolute Gasteiger partial charge is 0.490 e. The Morgan fingerprint density at radius 1 is 1.50 bits per heavy atom. The van der Waals surface area contributed by atoms with Crippen LogP contribution in [-0.4, -0.2) is 37.3 Å². The van der Waals surface area contributed by atoms with Gasteiger partial charge in [0.15, 0.2) is 0 Å². The summed E-state index contributed by atoms with van der Waals surface area (Å²) in [6, 6.07) is 0. The third-order valence-electron chi connectivity index (χ3n) is 1.25. The van der Waals surface area contributed by atoms with Gasteiger partial charge in [0, 0.05) is 7.11 Å². The number of halogens is 3. The molecule has 0 radical (unpaired) electrons. The maximum absolute atomic E-state index is 13.0. The Hall–Kier alpha value is -0.370. The van der Waals surface area contributed by atoms with Gasteiger partial charge in [-0.05, 0) is 0 Å². The first kappa shape index (κ1) is 9.72. The van der Waals surface area contributed by atoms with Crippen LogP contribution in [0.1, 0.15) is 0 Å². The van der Waals surface area contributed by atoms with Gasteiger partial charge in [-0.1, -0.05) is 0 Å². The lowest BCUT2D eigenvalue weighted by atomic mass is 10.3. The van der Waals surface area contributed by atoms with Crippen LogP contribution in [-0.2, 0) is 14.2 Å². The second-order valence-corrected chi connectivity index (χ2v) is 2.25. The molecule has 0 spiro atoms. The Balaban J connectivity index is 2.67. The standard InChI is InChI=1S/C5H7F3O4/c1-10-2-4(6)3(9)11-5(7,8)12-4/h3,9H,2H2,1H3. The lowest BCUT2D eigenvalue weighted by molar-refractivity contribution is -0.374. The SMILES string of the molecule is COCC1(F)OC(F)(F)OC1O. The first-order valence-electron chi connectivity index (χ1n) is 3.01. The fourth-order valence-corrected chi connectivity index (χ4v) is 0.788. The van der Waals surface area contributed by atoms with Crippen molar-refractivity contribution in [3.63, 3.8) is 0 Å². The van der Waals surface area contributed by atoms with E-state index in [4.69, 9.17) is 5.11 Å². The van der Waals surface area contributed by atoms with E-state index in [-0.39, 0.29) is 0 Å². The van der Waals surface area contributed by atoms with Gasteiger partial charge >= 0.3 is 6.29 Å². The van der Waals surface area contributed by atoms with E-state index in [9.17, 15) is 13.2 Å². The second-order valence-electron chi connectivity index (χ2n) is 2.25. The van der Waals surface area contributed by atoms with Gasteiger partial charge in [0.2, 0.25) is 6.29 Å². The van der Waals surface area contributed by atoms with Crippen LogP contribution in [0.3, 0.4) is 0 Å². The molecule has 1 saturated heterocycles. The minimum atomic E-state index is -4.10. The molecule has 4 nitrogen and oxygen atoms in total. The van der Waals surface area contributed by atoms with Crippen molar-refractivity contribution in [1.29, 1.82) is 0 Å². The molecule has 0 amide bonds. The summed E-state index contributed by atoms with van der Waals surface area (Å²) >= 11 is 0. The molecular formula is C5H7F3O4. The fourth-order valence-electron chi connectivity index (χ4n) is 0.788. The topological polar surface area (TPSA) is 47.9 Å². The lowest BCUT2D eigenvalue weighted by Crippen LogP contribution is -2.39. The third kappa shape index (κ3) is 1.69. The molecule has 2 unspecified atom stereocenters. The van der Waals surface area contributed by atoms with E-state index in [1.165, 1.54) is 0 Å². The highest BCUT2D eigenvalue weighted by atomic mass is 19.3. The highest BCUT2D eigenvalue weighted by Gasteiger charge is 2.60. The molecule has 1 heterocycles. The van der Waals surface area contributed by atoms with Crippen LogP contribution >= 0.6 is 0 Å². The molecule has 1 N–H and O–H groups in total. The summed E-state index contributed by atoms with van der Waals surface area (Å²) in [5.74, 6) is -3.00. The van der Waals surface area contributed by atoms with Crippen molar-refractivity contribution >= 4 is 0 Å². The lowest BCUT2D eigenvalue weighted by Gasteiger charge is -2.17. The fraction of sp³-hybridized carbons (Fsp3) is 1.00. The first-order chi connectivity index (χ1) is 5.40. The van der Waals surface area contributed by atoms with Gasteiger partial charge in [-0.15, -0.1) is 8.78 Å². The minimum absolute atomic E-state index is 0.830. The smallest absolute Gasteiger partial charge is 0.379 e. The van der Waals surface area contributed by atoms with Crippen LogP contribution in [0, 0.1) is 0 Å². The minimum Gasteiger partial charge on any atom is -0.379 e. The summed E-state index contributed by atoms with van der Waals surface area (Å²) in [4.78, 5) is 0. The van der Waals surface area contributed by atoms with Crippen molar-refractivity contribution in [2.75, 3.05) is 13.7 Å². The third-order valence-corrected chi connectivity index (χ3v) is 1.25. The number of ether oxygens (including phenoxy) is 3. The Bertz CT molecular complexity index is 176. The summed E-state index contributed by atoms with van der Waals surface area (Å²) < 4.78 is 48.4. The van der Waals surface area contributed by atoms with Crippen molar-refractivity contribution < 1.29 is 32.5 Å². The first-order valence-corrected chi connectivity index (χ1v) is 3.01. The van der Waals surface area contributed by atoms with Crippen molar-refractivity contribution in [1.82, 2.24) is 0 Å². The molecule has 0 aromatic rings. The highest BCUT2D eigenvalue weighted by molar-refractivity contribution is 4.77. The average molecular weight is 188 g/mol. The number of methoxy groups -OCH3 is 1. The zero-order valence-electron chi connectivity index (χ0n) is 6.09. The van der Waals surface area contributed by atoms with Gasteiger partial charge in [-0.3, -0.25) is 9.47 Å². The van der Waals surface area contributed by atoms with E-state index < -0.39 is 25.0 Å². The van der Waals surface area contributed by atoms with Crippen molar-refractivity contribution in [2.24, 2.45) is 0 Å². The number of alkyl halides is 3. The van der Waals surface area contributed by atoms with Crippen LogP contribution in [0.25, 0.3) is 0 Å². The Morgan fingerprint density at radius 2 is 2.08 bits per heavy atom. The summed E-state index contributed by atoms with van der Waals surface area (Å²) in [6.45, 7) is -0.830. The maximum Gasteiger partial charge on any atom is 0.490 e. The molecule has 1 rings (SSSR count). The highest BCUT2D eigenvalue weighted by Crippen LogP contribution is 2.38. The molecule has 1 fully saturated rings. The summed E-state index contributed by atoms with van der Waals surface area (Å²) in [6.07, 6.45) is -6.44. The van der Waals surface area contributed by atoms with Gasteiger partial charge in [-0.25, -0.2) is 4.39 Å². The Kier molecular flexibility index (Phi) is 2.30. The number of aliphatic hydroxyl groups is 1. The molecule has 7 heteroatoms. The van der Waals surface area contributed by atoms with Gasteiger partial charge in [0.05, 0.1) is 0 Å². The summed E-state index contributed by atoms with van der Waals surface area (Å²) in [5, 5.41) is 8.63. The molecule has 72 valence electrons. The number of hydrogen-bond donors (Lipinski definition) is 1. The summed E-state index contributed by atoms with van der Waals surface area (Å²) in [5.41, 5.74) is 0. The zero-order valence-corrected chi connectivity index (χ0v) is 6.09. The second kappa shape index (κ2) is 2.84. The molecule has 0 saturated carbocycles. The zero-order chi connectivity index (χ0) is 9.41. The molecule has 0 aliphatic carbocycles. The van der Waals surface area contributed by atoms with Crippen LogP contribution in [0.5, 0.6) is 0 Å². The predicted octanol–water partition coefficient (Wildman–Crippen LogP) is 0.214. The maximum atomic E-state index is 13.0. The normalized spacial score (nSPS) is 40.2. The van der Waals surface area contributed by atoms with Crippen LogP contribution in [0.15, 0.2) is 0 Å². The van der Waals surface area contributed by atoms with Crippen molar-refractivity contribution in [2.45, 2.75) is 18.4 Å². The molecule has 1 aliphatic heterocycles. The van der Waals surface area contributed by atoms with Crippen LogP contribution in [0.4, 0.5) is 13.2 Å². The van der Waals surface area contributed by atoms with Crippen molar-refractivity contribution in [3.8, 4) is 0 Å². The monoisotopic (exact) mass is 188 g/mol. The quantitative estimate of drug-likeness (QED) is 0.673.